The topological polar surface area (TPSA) is 68.6 Å². The summed E-state index contributed by atoms with van der Waals surface area (Å²) in [5.41, 5.74) is 6.98. The summed E-state index contributed by atoms with van der Waals surface area (Å²) in [4.78, 5) is 21.7. The molecule has 2 aromatic carbocycles. The number of nitrogens with one attached hydrogen (secondary N) is 1. The van der Waals surface area contributed by atoms with Gasteiger partial charge in [0.25, 0.3) is 0 Å². The van der Waals surface area contributed by atoms with Crippen molar-refractivity contribution in [1.82, 2.24) is 19.9 Å². The van der Waals surface area contributed by atoms with E-state index >= 15 is 0 Å². The number of carbonyl (C=O) groups is 1. The van der Waals surface area contributed by atoms with E-state index in [0.29, 0.717) is 38.8 Å². The molecule has 5 rings (SSSR count). The fourth-order valence-corrected chi connectivity index (χ4v) is 5.04. The molecule has 0 unspecified atom stereocenters. The monoisotopic (exact) mass is 526 g/mol. The SMILES string of the molecule is COCCCn1cc(CN(OCCNCCC=O)C2CC2)c2c(-c3cccc(-c4ccccc4)c3)ccnc21. The van der Waals surface area contributed by atoms with Crippen LogP contribution in [0.1, 0.15) is 31.2 Å². The summed E-state index contributed by atoms with van der Waals surface area (Å²) in [5.74, 6) is 0. The maximum absolute atomic E-state index is 10.6. The lowest BCUT2D eigenvalue weighted by Crippen LogP contribution is -2.30. The van der Waals surface area contributed by atoms with Gasteiger partial charge in [0, 0.05) is 63.6 Å². The van der Waals surface area contributed by atoms with Crippen LogP contribution < -0.4 is 5.32 Å². The molecule has 0 bridgehead atoms. The van der Waals surface area contributed by atoms with Gasteiger partial charge in [-0.3, -0.25) is 4.84 Å². The molecular weight excluding hydrogens is 488 g/mol. The van der Waals surface area contributed by atoms with Gasteiger partial charge in [0.05, 0.1) is 13.2 Å². The number of rotatable bonds is 16. The summed E-state index contributed by atoms with van der Waals surface area (Å²) < 4.78 is 7.59. The largest absolute Gasteiger partial charge is 0.385 e. The number of aromatic nitrogens is 2. The van der Waals surface area contributed by atoms with E-state index in [2.05, 4.69) is 75.7 Å². The number of pyridine rings is 1. The maximum atomic E-state index is 10.6. The Kier molecular flexibility index (Phi) is 9.51. The Bertz CT molecular complexity index is 1350. The molecule has 1 fully saturated rings. The molecule has 0 radical (unpaired) electrons. The van der Waals surface area contributed by atoms with Crippen LogP contribution in [0.2, 0.25) is 0 Å². The van der Waals surface area contributed by atoms with Crippen molar-refractivity contribution in [2.75, 3.05) is 33.4 Å². The van der Waals surface area contributed by atoms with Crippen molar-refractivity contribution in [3.8, 4) is 22.3 Å². The number of hydrogen-bond acceptors (Lipinski definition) is 6. The molecule has 1 N–H and O–H groups in total. The Balaban J connectivity index is 1.46. The van der Waals surface area contributed by atoms with E-state index in [1.54, 1.807) is 7.11 Å². The van der Waals surface area contributed by atoms with Gasteiger partial charge in [-0.2, -0.15) is 5.06 Å². The second-order valence-electron chi connectivity index (χ2n) is 10.0. The zero-order valence-electron chi connectivity index (χ0n) is 22.7. The predicted octanol–water partition coefficient (Wildman–Crippen LogP) is 5.48. The molecule has 2 heterocycles. The number of nitrogens with zero attached hydrogens (tertiary/aromatic N) is 3. The molecule has 7 nitrogen and oxygen atoms in total. The average Bonchev–Trinajstić information content (AvgIpc) is 3.77. The molecule has 39 heavy (non-hydrogen) atoms. The molecule has 1 aliphatic rings. The van der Waals surface area contributed by atoms with Crippen LogP contribution in [0, 0.1) is 0 Å². The smallest absolute Gasteiger partial charge is 0.140 e. The first kappa shape index (κ1) is 27.2. The summed E-state index contributed by atoms with van der Waals surface area (Å²) in [5, 5.41) is 6.59. The summed E-state index contributed by atoms with van der Waals surface area (Å²) in [7, 11) is 1.74. The number of carbonyl (C=O) groups excluding carboxylic acids is 1. The van der Waals surface area contributed by atoms with Crippen LogP contribution >= 0.6 is 0 Å². The Morgan fingerprint density at radius 2 is 1.85 bits per heavy atom. The van der Waals surface area contributed by atoms with Crippen LogP contribution in [0.4, 0.5) is 0 Å². The van der Waals surface area contributed by atoms with E-state index in [1.807, 2.05) is 12.3 Å². The van der Waals surface area contributed by atoms with Crippen LogP contribution in [0.5, 0.6) is 0 Å². The van der Waals surface area contributed by atoms with Crippen molar-refractivity contribution < 1.29 is 14.4 Å². The fourth-order valence-electron chi connectivity index (χ4n) is 5.04. The van der Waals surface area contributed by atoms with Crippen LogP contribution in [-0.4, -0.2) is 60.4 Å². The first-order valence-electron chi connectivity index (χ1n) is 13.9. The van der Waals surface area contributed by atoms with Gasteiger partial charge in [0.1, 0.15) is 11.9 Å². The van der Waals surface area contributed by atoms with E-state index in [0.717, 1.165) is 44.3 Å². The van der Waals surface area contributed by atoms with Crippen LogP contribution in [-0.2, 0) is 27.5 Å². The van der Waals surface area contributed by atoms with E-state index in [9.17, 15) is 4.79 Å². The van der Waals surface area contributed by atoms with E-state index in [4.69, 9.17) is 14.6 Å². The zero-order chi connectivity index (χ0) is 26.9. The predicted molar refractivity (Wildman–Crippen MR) is 155 cm³/mol. The number of hydroxylamine groups is 2. The number of hydrogen-bond donors (Lipinski definition) is 1. The minimum atomic E-state index is 0.438. The first-order valence-corrected chi connectivity index (χ1v) is 13.9. The van der Waals surface area contributed by atoms with E-state index < -0.39 is 0 Å². The van der Waals surface area contributed by atoms with Crippen LogP contribution in [0.25, 0.3) is 33.3 Å². The number of ether oxygens (including phenoxy) is 1. The van der Waals surface area contributed by atoms with Crippen molar-refractivity contribution in [2.24, 2.45) is 0 Å². The lowest BCUT2D eigenvalue weighted by molar-refractivity contribution is -0.172. The normalized spacial score (nSPS) is 13.4. The van der Waals surface area contributed by atoms with Gasteiger partial charge in [0.2, 0.25) is 0 Å². The Labute approximate surface area is 230 Å². The molecule has 7 heteroatoms. The lowest BCUT2D eigenvalue weighted by Gasteiger charge is -2.21. The number of fused-ring (bicyclic) bond motifs is 1. The summed E-state index contributed by atoms with van der Waals surface area (Å²) in [6, 6.07) is 21.8. The highest BCUT2D eigenvalue weighted by atomic mass is 16.7. The lowest BCUT2D eigenvalue weighted by atomic mass is 9.97. The molecule has 4 aromatic rings. The second kappa shape index (κ2) is 13.6. The highest BCUT2D eigenvalue weighted by Crippen LogP contribution is 2.36. The van der Waals surface area contributed by atoms with Crippen LogP contribution in [0.3, 0.4) is 0 Å². The molecule has 0 amide bonds. The van der Waals surface area contributed by atoms with Crippen molar-refractivity contribution in [3.63, 3.8) is 0 Å². The van der Waals surface area contributed by atoms with Gasteiger partial charge in [0.15, 0.2) is 0 Å². The third kappa shape index (κ3) is 6.99. The highest BCUT2D eigenvalue weighted by Gasteiger charge is 2.31. The molecule has 2 aromatic heterocycles. The quantitative estimate of drug-likeness (QED) is 0.118. The minimum Gasteiger partial charge on any atom is -0.385 e. The standard InChI is InChI=1S/C32H38N4O3/c1-38-20-7-18-35-23-28(24-36(29-12-13-29)39-21-17-33-15-6-19-37)31-30(14-16-34-32(31)35)27-11-5-10-26(22-27)25-8-3-2-4-9-25/h2-5,8-11,14,16,19,22-23,29,33H,6-7,12-13,15,17-18,20-21,24H2,1H3. The number of methoxy groups -OCH3 is 1. The van der Waals surface area contributed by atoms with E-state index in [1.165, 1.54) is 33.2 Å². The molecule has 204 valence electrons. The average molecular weight is 527 g/mol. The minimum absolute atomic E-state index is 0.438. The van der Waals surface area contributed by atoms with Crippen molar-refractivity contribution >= 4 is 17.3 Å². The molecule has 0 saturated heterocycles. The van der Waals surface area contributed by atoms with Crippen molar-refractivity contribution in [3.05, 3.63) is 78.6 Å². The Morgan fingerprint density at radius 3 is 2.64 bits per heavy atom. The van der Waals surface area contributed by atoms with Crippen LogP contribution in [0.15, 0.2) is 73.1 Å². The third-order valence-corrected chi connectivity index (χ3v) is 7.12. The molecular formula is C32H38N4O3. The molecule has 0 aliphatic heterocycles. The summed E-state index contributed by atoms with van der Waals surface area (Å²) in [6.45, 7) is 4.23. The fraction of sp³-hybridized carbons (Fsp3) is 0.375. The maximum Gasteiger partial charge on any atom is 0.140 e. The zero-order valence-corrected chi connectivity index (χ0v) is 22.7. The van der Waals surface area contributed by atoms with E-state index in [-0.39, 0.29) is 0 Å². The van der Waals surface area contributed by atoms with Gasteiger partial charge in [-0.25, -0.2) is 4.98 Å². The van der Waals surface area contributed by atoms with Gasteiger partial charge in [-0.05, 0) is 59.2 Å². The molecule has 0 atom stereocenters. The van der Waals surface area contributed by atoms with Gasteiger partial charge >= 0.3 is 0 Å². The van der Waals surface area contributed by atoms with Crippen molar-refractivity contribution in [2.45, 2.75) is 44.8 Å². The van der Waals surface area contributed by atoms with Gasteiger partial charge in [-0.15, -0.1) is 0 Å². The molecule has 0 spiro atoms. The second-order valence-corrected chi connectivity index (χ2v) is 10.0. The highest BCUT2D eigenvalue weighted by molar-refractivity contribution is 5.96. The third-order valence-electron chi connectivity index (χ3n) is 7.12. The number of benzene rings is 2. The molecule has 1 aliphatic carbocycles. The number of aldehydes is 1. The number of aryl methyl sites for hydroxylation is 1. The van der Waals surface area contributed by atoms with Gasteiger partial charge < -0.3 is 19.4 Å². The Morgan fingerprint density at radius 1 is 1.03 bits per heavy atom. The van der Waals surface area contributed by atoms with Crippen molar-refractivity contribution in [1.29, 1.82) is 0 Å². The summed E-state index contributed by atoms with van der Waals surface area (Å²) >= 11 is 0. The summed E-state index contributed by atoms with van der Waals surface area (Å²) in [6.07, 6.45) is 8.85. The first-order chi connectivity index (χ1) is 19.3. The van der Waals surface area contributed by atoms with Gasteiger partial charge in [-0.1, -0.05) is 48.5 Å². The Hall–Kier alpha value is -3.36. The molecule has 1 saturated carbocycles.